The molecule has 4 saturated heterocycles. The van der Waals surface area contributed by atoms with Crippen molar-refractivity contribution in [3.05, 3.63) is 127 Å². The number of fused-ring (bicyclic) bond motifs is 5. The van der Waals surface area contributed by atoms with Gasteiger partial charge in [-0.25, -0.2) is 8.78 Å². The van der Waals surface area contributed by atoms with Gasteiger partial charge >= 0.3 is 0 Å². The number of ether oxygens (including phenoxy) is 2. The minimum absolute atomic E-state index is 0. The van der Waals surface area contributed by atoms with Crippen LogP contribution in [0, 0.1) is 11.6 Å². The number of likely N-dealkylation sites (tertiary alicyclic amines) is 2. The van der Waals surface area contributed by atoms with Gasteiger partial charge in [-0.15, -0.1) is 0 Å². The molecule has 0 spiro atoms. The Morgan fingerprint density at radius 2 is 1.12 bits per heavy atom. The molecule has 18 nitrogen and oxygen atoms in total. The number of halogens is 3. The van der Waals surface area contributed by atoms with Crippen molar-refractivity contribution >= 4 is 79.2 Å². The number of amides is 4. The van der Waals surface area contributed by atoms with Gasteiger partial charge in [-0.3, -0.25) is 28.8 Å². The lowest BCUT2D eigenvalue weighted by Crippen LogP contribution is -2.48. The third-order valence-corrected chi connectivity index (χ3v) is 17.2. The summed E-state index contributed by atoms with van der Waals surface area (Å²) in [5.41, 5.74) is 1.31. The van der Waals surface area contributed by atoms with Crippen LogP contribution in [-0.4, -0.2) is 157 Å². The van der Waals surface area contributed by atoms with Crippen molar-refractivity contribution in [2.75, 3.05) is 108 Å². The van der Waals surface area contributed by atoms with Gasteiger partial charge in [-0.2, -0.15) is 0 Å². The molecular weight excluding hydrogens is 1090 g/mol. The molecule has 0 radical (unpaired) electrons. The van der Waals surface area contributed by atoms with E-state index in [0.717, 1.165) is 62.5 Å². The van der Waals surface area contributed by atoms with Crippen molar-refractivity contribution in [3.63, 3.8) is 0 Å². The quantitative estimate of drug-likeness (QED) is 0.134. The Labute approximate surface area is 483 Å². The number of carbonyl (C=O) groups is 4. The number of hydrogen-bond acceptors (Lipinski definition) is 12. The van der Waals surface area contributed by atoms with E-state index < -0.39 is 34.3 Å². The third kappa shape index (κ3) is 10.7. The molecule has 0 saturated carbocycles. The fourth-order valence-electron chi connectivity index (χ4n) is 12.5. The van der Waals surface area contributed by atoms with Crippen LogP contribution < -0.4 is 40.8 Å². The number of benzene rings is 5. The first-order valence-corrected chi connectivity index (χ1v) is 28.5. The second kappa shape index (κ2) is 23.3. The first kappa shape index (κ1) is 56.8. The van der Waals surface area contributed by atoms with Crippen molar-refractivity contribution in [1.29, 1.82) is 0 Å². The van der Waals surface area contributed by atoms with Gasteiger partial charge in [0.15, 0.2) is 34.6 Å². The molecule has 6 aliphatic heterocycles. The standard InChI is InChI=1S/C33H34FN5O4.C28H29ClFN5O4.CH4/c1-20(40)37-12-14-38(15-13-37)30-26(34)18-24-29-32(30)43-28-17-22-7-4-3-6-21(22)16-27(28)39(29)19-25(31(24)41)33(42)35-10-9-23-8-5-11-36(23)2;1-17(36)33-10-12-34(13-11-33)25-21(30)15-19-24-27(25)39-23-14-18(29)4-5-22(23)35(24)16-20(26(19)37)28(38)31-6-9-32-7-2-3-8-32;/h3-4,6-7,16-19,23H,5,8-15H2,1-2H3,(H,35,42);4-5,14-16H,2-3,6-13H2,1H3,(H,31,38);1H4. The molecule has 8 heterocycles. The summed E-state index contributed by atoms with van der Waals surface area (Å²) in [5.74, 6) is -0.952. The van der Waals surface area contributed by atoms with E-state index >= 15 is 8.78 Å². The Morgan fingerprint density at radius 3 is 1.64 bits per heavy atom. The molecule has 13 rings (SSSR count). The number of nitrogens with zero attached hydrogens (tertiary/aromatic N) is 8. The Balaban J connectivity index is 0.000000172. The average Bonchev–Trinajstić information content (AvgIpc) is 2.19. The van der Waals surface area contributed by atoms with E-state index in [9.17, 15) is 28.8 Å². The minimum atomic E-state index is -0.630. The normalized spacial score (nSPS) is 17.3. The van der Waals surface area contributed by atoms with Crippen LogP contribution in [0.4, 0.5) is 20.2 Å². The van der Waals surface area contributed by atoms with E-state index in [2.05, 4.69) is 27.5 Å². The number of pyridine rings is 2. The van der Waals surface area contributed by atoms with Gasteiger partial charge in [0.1, 0.15) is 33.5 Å². The van der Waals surface area contributed by atoms with Gasteiger partial charge in [0.25, 0.3) is 11.8 Å². The highest BCUT2D eigenvalue weighted by Crippen LogP contribution is 2.49. The molecule has 2 N–H and O–H groups in total. The van der Waals surface area contributed by atoms with Crippen LogP contribution in [-0.2, 0) is 9.59 Å². The lowest BCUT2D eigenvalue weighted by atomic mass is 10.0. The van der Waals surface area contributed by atoms with Crippen molar-refractivity contribution in [2.45, 2.75) is 59.4 Å². The maximum absolute atomic E-state index is 16.1. The fourth-order valence-corrected chi connectivity index (χ4v) is 12.7. The zero-order valence-corrected chi connectivity index (χ0v) is 46.8. The summed E-state index contributed by atoms with van der Waals surface area (Å²) in [6.07, 6.45) is 8.40. The van der Waals surface area contributed by atoms with Crippen LogP contribution in [0.5, 0.6) is 23.0 Å². The maximum atomic E-state index is 16.1. The van der Waals surface area contributed by atoms with Gasteiger partial charge in [0, 0.05) is 115 Å². The number of hydrogen-bond donors (Lipinski definition) is 2. The lowest BCUT2D eigenvalue weighted by molar-refractivity contribution is -0.129. The van der Waals surface area contributed by atoms with Crippen molar-refractivity contribution in [2.24, 2.45) is 0 Å². The zero-order chi connectivity index (χ0) is 57.1. The van der Waals surface area contributed by atoms with E-state index in [1.807, 2.05) is 46.2 Å². The molecule has 2 aromatic heterocycles. The van der Waals surface area contributed by atoms with Crippen LogP contribution in [0.25, 0.3) is 44.0 Å². The molecule has 83 heavy (non-hydrogen) atoms. The topological polar surface area (TPSA) is 174 Å². The van der Waals surface area contributed by atoms with E-state index in [-0.39, 0.29) is 64.0 Å². The Morgan fingerprint density at radius 1 is 0.614 bits per heavy atom. The SMILES string of the molecule is C.CC(=O)N1CCN(c2c(F)cc3c(=O)c(C(=O)NCCC4CCCN4C)cn4c3c2Oc2cc3ccccc3cc2-4)CC1.CC(=O)N1CCN(c2c(F)cc3c(=O)c(C(=O)NCCN4CCCC4)cn4c3c2Oc2cc(Cl)ccc2-4)CC1. The van der Waals surface area contributed by atoms with Crippen LogP contribution in [0.15, 0.2) is 88.7 Å². The van der Waals surface area contributed by atoms with Crippen molar-refractivity contribution < 1.29 is 37.4 Å². The second-order valence-corrected chi connectivity index (χ2v) is 22.4. The van der Waals surface area contributed by atoms with E-state index in [0.29, 0.717) is 117 Å². The van der Waals surface area contributed by atoms with E-state index in [1.54, 1.807) is 43.3 Å². The van der Waals surface area contributed by atoms with E-state index in [4.69, 9.17) is 21.1 Å². The monoisotopic (exact) mass is 1150 g/mol. The zero-order valence-electron chi connectivity index (χ0n) is 46.0. The fraction of sp³-hybridized carbons (Fsp3) is 0.387. The first-order chi connectivity index (χ1) is 39.6. The molecule has 7 aromatic rings. The van der Waals surface area contributed by atoms with Gasteiger partial charge < -0.3 is 58.6 Å². The van der Waals surface area contributed by atoms with Crippen molar-refractivity contribution in [3.8, 4) is 34.4 Å². The highest BCUT2D eigenvalue weighted by Gasteiger charge is 2.35. The number of aromatic nitrogens is 2. The second-order valence-electron chi connectivity index (χ2n) is 21.9. The maximum Gasteiger partial charge on any atom is 0.256 e. The van der Waals surface area contributed by atoms with Crippen LogP contribution in [0.2, 0.25) is 5.02 Å². The number of rotatable bonds is 10. The summed E-state index contributed by atoms with van der Waals surface area (Å²) >= 11 is 6.26. The largest absolute Gasteiger partial charge is 0.451 e. The molecule has 1 unspecified atom stereocenters. The molecule has 4 fully saturated rings. The summed E-state index contributed by atoms with van der Waals surface area (Å²) in [5, 5.41) is 8.28. The number of carbonyl (C=O) groups excluding carboxylic acids is 4. The van der Waals surface area contributed by atoms with Crippen LogP contribution in [0.3, 0.4) is 0 Å². The van der Waals surface area contributed by atoms with Crippen molar-refractivity contribution in [1.82, 2.24) is 39.4 Å². The Bertz CT molecular complexity index is 3890. The average molecular weight is 1150 g/mol. The number of piperazine rings is 2. The number of nitrogens with one attached hydrogen (secondary N) is 2. The molecule has 6 aliphatic rings. The Hall–Kier alpha value is -8.07. The van der Waals surface area contributed by atoms with Gasteiger partial charge in [0.05, 0.1) is 22.1 Å². The smallest absolute Gasteiger partial charge is 0.256 e. The molecule has 1 atom stereocenters. The molecule has 5 aromatic carbocycles. The van der Waals surface area contributed by atoms with Crippen LogP contribution >= 0.6 is 11.6 Å². The molecular formula is C62H67ClF2N10O8. The summed E-state index contributed by atoms with van der Waals surface area (Å²) in [6.45, 7) is 11.1. The summed E-state index contributed by atoms with van der Waals surface area (Å²) in [6, 6.07) is 19.6. The molecule has 0 bridgehead atoms. The van der Waals surface area contributed by atoms with Gasteiger partial charge in [-0.05, 0) is 106 Å². The highest BCUT2D eigenvalue weighted by atomic mass is 35.5. The van der Waals surface area contributed by atoms with E-state index in [1.165, 1.54) is 32.2 Å². The predicted octanol–water partition coefficient (Wildman–Crippen LogP) is 8.29. The lowest BCUT2D eigenvalue weighted by Gasteiger charge is -2.37. The molecule has 4 amide bonds. The molecule has 0 aliphatic carbocycles. The summed E-state index contributed by atoms with van der Waals surface area (Å²) < 4.78 is 48.1. The highest BCUT2D eigenvalue weighted by molar-refractivity contribution is 6.30. The summed E-state index contributed by atoms with van der Waals surface area (Å²) in [4.78, 5) is 89.4. The Kier molecular flexibility index (Phi) is 15.9. The van der Waals surface area contributed by atoms with Gasteiger partial charge in [0.2, 0.25) is 22.7 Å². The first-order valence-electron chi connectivity index (χ1n) is 28.1. The van der Waals surface area contributed by atoms with Gasteiger partial charge in [-0.1, -0.05) is 43.3 Å². The summed E-state index contributed by atoms with van der Waals surface area (Å²) in [7, 11) is 2.09. The molecule has 434 valence electrons. The number of anilines is 2. The predicted molar refractivity (Wildman–Crippen MR) is 318 cm³/mol. The third-order valence-electron chi connectivity index (χ3n) is 17.0. The molecule has 21 heteroatoms. The van der Waals surface area contributed by atoms with Crippen LogP contribution in [0.1, 0.15) is 74.1 Å². The minimum Gasteiger partial charge on any atom is -0.451 e.